The molecule has 3 aromatic rings. The van der Waals surface area contributed by atoms with Crippen molar-refractivity contribution in [3.8, 4) is 11.5 Å². The minimum absolute atomic E-state index is 0.572. The van der Waals surface area contributed by atoms with Crippen LogP contribution >= 0.6 is 0 Å². The molecule has 6 heteroatoms. The molecule has 146 valence electrons. The Morgan fingerprint density at radius 2 is 1.57 bits per heavy atom. The van der Waals surface area contributed by atoms with E-state index in [1.165, 1.54) is 5.56 Å². The third kappa shape index (κ3) is 4.91. The molecule has 2 aromatic carbocycles. The maximum Gasteiger partial charge on any atom is 0.225 e. The van der Waals surface area contributed by atoms with E-state index in [0.29, 0.717) is 24.0 Å². The van der Waals surface area contributed by atoms with Gasteiger partial charge in [-0.3, -0.25) is 0 Å². The van der Waals surface area contributed by atoms with Gasteiger partial charge < -0.3 is 20.1 Å². The van der Waals surface area contributed by atoms with E-state index in [1.807, 2.05) is 31.2 Å². The Balaban J connectivity index is 1.70. The Kier molecular flexibility index (Phi) is 6.32. The first-order chi connectivity index (χ1) is 13.6. The van der Waals surface area contributed by atoms with Gasteiger partial charge in [-0.15, -0.1) is 0 Å². The Morgan fingerprint density at radius 3 is 2.25 bits per heavy atom. The van der Waals surface area contributed by atoms with Crippen LogP contribution in [0.1, 0.15) is 23.7 Å². The lowest BCUT2D eigenvalue weighted by Crippen LogP contribution is -2.06. The summed E-state index contributed by atoms with van der Waals surface area (Å²) in [6, 6.07) is 16.1. The number of hydrogen-bond acceptors (Lipinski definition) is 6. The molecule has 0 fully saturated rings. The van der Waals surface area contributed by atoms with Crippen LogP contribution in [-0.4, -0.2) is 24.2 Å². The van der Waals surface area contributed by atoms with Crippen LogP contribution < -0.4 is 20.1 Å². The smallest absolute Gasteiger partial charge is 0.225 e. The molecule has 0 aliphatic heterocycles. The largest absolute Gasteiger partial charge is 0.493 e. The molecule has 0 bridgehead atoms. The Bertz CT molecular complexity index is 926. The summed E-state index contributed by atoms with van der Waals surface area (Å²) in [4.78, 5) is 9.05. The first kappa shape index (κ1) is 19.5. The van der Waals surface area contributed by atoms with E-state index in [-0.39, 0.29) is 0 Å². The summed E-state index contributed by atoms with van der Waals surface area (Å²) in [5.41, 5.74) is 4.24. The van der Waals surface area contributed by atoms with E-state index >= 15 is 0 Å². The quantitative estimate of drug-likeness (QED) is 0.591. The molecule has 0 saturated heterocycles. The molecule has 0 aliphatic carbocycles. The summed E-state index contributed by atoms with van der Waals surface area (Å²) in [5.74, 6) is 2.73. The number of ether oxygens (including phenoxy) is 2. The highest BCUT2D eigenvalue weighted by Gasteiger charge is 2.07. The summed E-state index contributed by atoms with van der Waals surface area (Å²) in [6.45, 7) is 4.68. The highest BCUT2D eigenvalue weighted by molar-refractivity contribution is 5.58. The second kappa shape index (κ2) is 9.08. The summed E-state index contributed by atoms with van der Waals surface area (Å²) < 4.78 is 10.6. The maximum atomic E-state index is 5.36. The van der Waals surface area contributed by atoms with Crippen LogP contribution in [0.15, 0.2) is 48.5 Å². The van der Waals surface area contributed by atoms with Crippen molar-refractivity contribution in [1.82, 2.24) is 9.97 Å². The average molecular weight is 378 g/mol. The molecule has 2 N–H and O–H groups in total. The van der Waals surface area contributed by atoms with Gasteiger partial charge in [0.1, 0.15) is 5.82 Å². The number of aromatic nitrogens is 2. The van der Waals surface area contributed by atoms with Crippen molar-refractivity contribution in [3.63, 3.8) is 0 Å². The topological polar surface area (TPSA) is 68.3 Å². The van der Waals surface area contributed by atoms with E-state index < -0.39 is 0 Å². The zero-order valence-electron chi connectivity index (χ0n) is 16.7. The third-order valence-corrected chi connectivity index (χ3v) is 4.39. The minimum atomic E-state index is 0.572. The SMILES string of the molecule is CCc1ccc(Nc2cc(C)nc(NCc3ccc(OC)c(OC)c3)n2)cc1. The standard InChI is InChI=1S/C22H26N4O2/c1-5-16-6-9-18(10-7-16)25-21-12-15(2)24-22(26-21)23-14-17-8-11-19(27-3)20(13-17)28-4/h6-13H,5,14H2,1-4H3,(H2,23,24,25,26). The van der Waals surface area contributed by atoms with Gasteiger partial charge in [-0.2, -0.15) is 4.98 Å². The van der Waals surface area contributed by atoms with Crippen molar-refractivity contribution in [2.45, 2.75) is 26.8 Å². The van der Waals surface area contributed by atoms with Crippen LogP contribution in [0.2, 0.25) is 0 Å². The second-order valence-electron chi connectivity index (χ2n) is 6.44. The molecule has 1 aromatic heterocycles. The van der Waals surface area contributed by atoms with Crippen molar-refractivity contribution in [2.75, 3.05) is 24.9 Å². The number of benzene rings is 2. The lowest BCUT2D eigenvalue weighted by atomic mass is 10.1. The molecule has 6 nitrogen and oxygen atoms in total. The molecule has 0 amide bonds. The van der Waals surface area contributed by atoms with E-state index in [4.69, 9.17) is 9.47 Å². The molecule has 3 rings (SSSR count). The number of hydrogen-bond donors (Lipinski definition) is 2. The molecule has 1 heterocycles. The van der Waals surface area contributed by atoms with Gasteiger partial charge in [-0.1, -0.05) is 25.1 Å². The number of anilines is 3. The van der Waals surface area contributed by atoms with Crippen LogP contribution in [0.4, 0.5) is 17.5 Å². The normalized spacial score (nSPS) is 10.4. The average Bonchev–Trinajstić information content (AvgIpc) is 2.72. The third-order valence-electron chi connectivity index (χ3n) is 4.39. The van der Waals surface area contributed by atoms with Crippen molar-refractivity contribution >= 4 is 17.5 Å². The number of methoxy groups -OCH3 is 2. The summed E-state index contributed by atoms with van der Waals surface area (Å²) in [7, 11) is 3.25. The monoisotopic (exact) mass is 378 g/mol. The molecular weight excluding hydrogens is 352 g/mol. The van der Waals surface area contributed by atoms with Gasteiger partial charge in [-0.25, -0.2) is 4.98 Å². The number of rotatable bonds is 8. The zero-order chi connectivity index (χ0) is 19.9. The fourth-order valence-electron chi connectivity index (χ4n) is 2.86. The van der Waals surface area contributed by atoms with Gasteiger partial charge in [0, 0.05) is 24.0 Å². The Morgan fingerprint density at radius 1 is 0.857 bits per heavy atom. The van der Waals surface area contributed by atoms with Crippen LogP contribution in [-0.2, 0) is 13.0 Å². The van der Waals surface area contributed by atoms with Gasteiger partial charge in [0.25, 0.3) is 0 Å². The van der Waals surface area contributed by atoms with Gasteiger partial charge in [-0.05, 0) is 48.7 Å². The molecule has 0 spiro atoms. The lowest BCUT2D eigenvalue weighted by Gasteiger charge is -2.12. The van der Waals surface area contributed by atoms with Crippen LogP contribution in [0.5, 0.6) is 11.5 Å². The number of nitrogens with zero attached hydrogens (tertiary/aromatic N) is 2. The van der Waals surface area contributed by atoms with E-state index in [9.17, 15) is 0 Å². The molecule has 0 atom stereocenters. The second-order valence-corrected chi connectivity index (χ2v) is 6.44. The molecule has 0 saturated carbocycles. The van der Waals surface area contributed by atoms with Crippen LogP contribution in [0.3, 0.4) is 0 Å². The van der Waals surface area contributed by atoms with Crippen LogP contribution in [0, 0.1) is 6.92 Å². The number of aryl methyl sites for hydroxylation is 2. The highest BCUT2D eigenvalue weighted by Crippen LogP contribution is 2.27. The fourth-order valence-corrected chi connectivity index (χ4v) is 2.86. The van der Waals surface area contributed by atoms with Gasteiger partial charge in [0.05, 0.1) is 14.2 Å². The molecular formula is C22H26N4O2. The van der Waals surface area contributed by atoms with E-state index in [1.54, 1.807) is 14.2 Å². The summed E-state index contributed by atoms with van der Waals surface area (Å²) >= 11 is 0. The predicted molar refractivity (Wildman–Crippen MR) is 113 cm³/mol. The van der Waals surface area contributed by atoms with Gasteiger partial charge >= 0.3 is 0 Å². The molecule has 0 aliphatic rings. The lowest BCUT2D eigenvalue weighted by molar-refractivity contribution is 0.354. The molecule has 0 unspecified atom stereocenters. The minimum Gasteiger partial charge on any atom is -0.493 e. The zero-order valence-corrected chi connectivity index (χ0v) is 16.7. The molecule has 0 radical (unpaired) electrons. The van der Waals surface area contributed by atoms with Crippen molar-refractivity contribution in [3.05, 3.63) is 65.4 Å². The Labute approximate surface area is 166 Å². The number of nitrogens with one attached hydrogen (secondary N) is 2. The van der Waals surface area contributed by atoms with E-state index in [0.717, 1.165) is 29.2 Å². The van der Waals surface area contributed by atoms with E-state index in [2.05, 4.69) is 51.8 Å². The first-order valence-corrected chi connectivity index (χ1v) is 9.27. The molecule has 28 heavy (non-hydrogen) atoms. The maximum absolute atomic E-state index is 5.36. The van der Waals surface area contributed by atoms with Gasteiger partial charge in [0.15, 0.2) is 11.5 Å². The van der Waals surface area contributed by atoms with Crippen molar-refractivity contribution in [1.29, 1.82) is 0 Å². The van der Waals surface area contributed by atoms with Crippen molar-refractivity contribution in [2.24, 2.45) is 0 Å². The van der Waals surface area contributed by atoms with Crippen molar-refractivity contribution < 1.29 is 9.47 Å². The summed E-state index contributed by atoms with van der Waals surface area (Å²) in [5, 5.41) is 6.62. The summed E-state index contributed by atoms with van der Waals surface area (Å²) in [6.07, 6.45) is 1.02. The van der Waals surface area contributed by atoms with Crippen LogP contribution in [0.25, 0.3) is 0 Å². The Hall–Kier alpha value is -3.28. The van der Waals surface area contributed by atoms with Gasteiger partial charge in [0.2, 0.25) is 5.95 Å². The highest BCUT2D eigenvalue weighted by atomic mass is 16.5. The first-order valence-electron chi connectivity index (χ1n) is 9.27. The fraction of sp³-hybridized carbons (Fsp3) is 0.273. The predicted octanol–water partition coefficient (Wildman–Crippen LogP) is 4.72.